The number of anilines is 2. The predicted molar refractivity (Wildman–Crippen MR) is 74.9 cm³/mol. The third kappa shape index (κ3) is 3.30. The summed E-state index contributed by atoms with van der Waals surface area (Å²) in [6.45, 7) is 4.17. The molecule has 1 aromatic heterocycles. The maximum absolute atomic E-state index is 11.1. The summed E-state index contributed by atoms with van der Waals surface area (Å²) in [6.07, 6.45) is 1.79. The zero-order valence-corrected chi connectivity index (χ0v) is 11.2. The van der Waals surface area contributed by atoms with Crippen molar-refractivity contribution in [2.75, 3.05) is 10.6 Å². The van der Waals surface area contributed by atoms with Crippen molar-refractivity contribution in [2.45, 2.75) is 20.4 Å². The van der Waals surface area contributed by atoms with Crippen LogP contribution in [-0.4, -0.2) is 10.9 Å². The van der Waals surface area contributed by atoms with Gasteiger partial charge in [-0.2, -0.15) is 0 Å². The lowest BCUT2D eigenvalue weighted by atomic mass is 10.2. The average Bonchev–Trinajstić information content (AvgIpc) is 2.82. The summed E-state index contributed by atoms with van der Waals surface area (Å²) >= 11 is 1.62. The zero-order chi connectivity index (χ0) is 13.0. The Morgan fingerprint density at radius 3 is 2.94 bits per heavy atom. The van der Waals surface area contributed by atoms with Crippen LogP contribution < -0.4 is 10.6 Å². The van der Waals surface area contributed by atoms with Crippen molar-refractivity contribution in [3.63, 3.8) is 0 Å². The highest BCUT2D eigenvalue weighted by Crippen LogP contribution is 2.21. The van der Waals surface area contributed by atoms with Crippen molar-refractivity contribution < 1.29 is 4.79 Å². The summed E-state index contributed by atoms with van der Waals surface area (Å²) < 4.78 is 0. The van der Waals surface area contributed by atoms with Crippen molar-refractivity contribution in [3.8, 4) is 0 Å². The molecule has 0 radical (unpaired) electrons. The molecule has 0 aliphatic carbocycles. The Morgan fingerprint density at radius 2 is 2.28 bits per heavy atom. The minimum absolute atomic E-state index is 0.0600. The SMILES string of the molecule is CC(=O)Nc1cc(NCc2nccs2)ccc1C. The predicted octanol–water partition coefficient (Wildman–Crippen LogP) is 3.02. The van der Waals surface area contributed by atoms with Crippen molar-refractivity contribution in [1.82, 2.24) is 4.98 Å². The molecule has 0 aliphatic heterocycles. The summed E-state index contributed by atoms with van der Waals surface area (Å²) in [6, 6.07) is 5.91. The second kappa shape index (κ2) is 5.64. The van der Waals surface area contributed by atoms with Crippen molar-refractivity contribution in [2.24, 2.45) is 0 Å². The number of carbonyl (C=O) groups is 1. The Labute approximate surface area is 110 Å². The van der Waals surface area contributed by atoms with Gasteiger partial charge < -0.3 is 10.6 Å². The highest BCUT2D eigenvalue weighted by molar-refractivity contribution is 7.09. The maximum atomic E-state index is 11.1. The minimum Gasteiger partial charge on any atom is -0.378 e. The number of nitrogens with zero attached hydrogens (tertiary/aromatic N) is 1. The van der Waals surface area contributed by atoms with Gasteiger partial charge >= 0.3 is 0 Å². The number of amides is 1. The van der Waals surface area contributed by atoms with Crippen LogP contribution in [0.25, 0.3) is 0 Å². The van der Waals surface area contributed by atoms with Gasteiger partial charge in [0.15, 0.2) is 0 Å². The number of hydrogen-bond acceptors (Lipinski definition) is 4. The molecular weight excluding hydrogens is 246 g/mol. The van der Waals surface area contributed by atoms with Crippen LogP contribution in [0.3, 0.4) is 0 Å². The van der Waals surface area contributed by atoms with Crippen molar-refractivity contribution in [3.05, 3.63) is 40.3 Å². The number of aryl methyl sites for hydroxylation is 1. The molecule has 4 nitrogen and oxygen atoms in total. The van der Waals surface area contributed by atoms with Crippen LogP contribution in [0.5, 0.6) is 0 Å². The molecule has 0 saturated heterocycles. The van der Waals surface area contributed by atoms with E-state index in [0.717, 1.165) is 21.9 Å². The normalized spacial score (nSPS) is 10.1. The van der Waals surface area contributed by atoms with E-state index in [1.807, 2.05) is 30.5 Å². The highest BCUT2D eigenvalue weighted by Gasteiger charge is 2.02. The molecule has 0 bridgehead atoms. The molecule has 0 spiro atoms. The lowest BCUT2D eigenvalue weighted by molar-refractivity contribution is -0.114. The lowest BCUT2D eigenvalue weighted by Crippen LogP contribution is -2.08. The molecule has 2 rings (SSSR count). The van der Waals surface area contributed by atoms with E-state index in [1.165, 1.54) is 6.92 Å². The molecule has 0 saturated carbocycles. The Morgan fingerprint density at radius 1 is 1.44 bits per heavy atom. The van der Waals surface area contributed by atoms with Gasteiger partial charge in [0, 0.05) is 29.9 Å². The van der Waals surface area contributed by atoms with Gasteiger partial charge in [0.05, 0.1) is 6.54 Å². The van der Waals surface area contributed by atoms with Gasteiger partial charge in [-0.25, -0.2) is 4.98 Å². The molecule has 0 atom stereocenters. The van der Waals surface area contributed by atoms with Gasteiger partial charge in [0.1, 0.15) is 5.01 Å². The lowest BCUT2D eigenvalue weighted by Gasteiger charge is -2.10. The molecule has 2 N–H and O–H groups in total. The van der Waals surface area contributed by atoms with Crippen LogP contribution >= 0.6 is 11.3 Å². The van der Waals surface area contributed by atoms with Gasteiger partial charge in [-0.05, 0) is 24.6 Å². The molecule has 0 aliphatic rings. The Hall–Kier alpha value is -1.88. The van der Waals surface area contributed by atoms with Crippen LogP contribution in [0.1, 0.15) is 17.5 Å². The Bertz CT molecular complexity index is 537. The van der Waals surface area contributed by atoms with Gasteiger partial charge in [-0.1, -0.05) is 6.07 Å². The molecule has 0 fully saturated rings. The van der Waals surface area contributed by atoms with Gasteiger partial charge in [0.25, 0.3) is 0 Å². The van der Waals surface area contributed by atoms with Gasteiger partial charge in [0.2, 0.25) is 5.91 Å². The van der Waals surface area contributed by atoms with E-state index < -0.39 is 0 Å². The number of benzene rings is 1. The number of hydrogen-bond donors (Lipinski definition) is 2. The number of aromatic nitrogens is 1. The quantitative estimate of drug-likeness (QED) is 0.889. The summed E-state index contributed by atoms with van der Waals surface area (Å²) in [5.74, 6) is -0.0600. The fourth-order valence-electron chi connectivity index (χ4n) is 1.57. The monoisotopic (exact) mass is 261 g/mol. The van der Waals surface area contributed by atoms with E-state index in [-0.39, 0.29) is 5.91 Å². The van der Waals surface area contributed by atoms with Crippen LogP contribution in [0.2, 0.25) is 0 Å². The molecule has 94 valence electrons. The third-order valence-corrected chi connectivity index (χ3v) is 3.26. The fourth-order valence-corrected chi connectivity index (χ4v) is 2.13. The third-order valence-electron chi connectivity index (χ3n) is 2.48. The maximum Gasteiger partial charge on any atom is 0.221 e. The standard InChI is InChI=1S/C13H15N3OS/c1-9-3-4-11(7-12(9)16-10(2)17)15-8-13-14-5-6-18-13/h3-7,15H,8H2,1-2H3,(H,16,17). The Kier molecular flexibility index (Phi) is 3.94. The first-order chi connectivity index (χ1) is 8.65. The molecule has 18 heavy (non-hydrogen) atoms. The highest BCUT2D eigenvalue weighted by atomic mass is 32.1. The van der Waals surface area contributed by atoms with E-state index in [9.17, 15) is 4.79 Å². The smallest absolute Gasteiger partial charge is 0.221 e. The van der Waals surface area contributed by atoms with E-state index in [4.69, 9.17) is 0 Å². The first kappa shape index (κ1) is 12.6. The summed E-state index contributed by atoms with van der Waals surface area (Å²) in [5, 5.41) is 9.09. The fraction of sp³-hybridized carbons (Fsp3) is 0.231. The summed E-state index contributed by atoms with van der Waals surface area (Å²) in [7, 11) is 0. The van der Waals surface area contributed by atoms with Crippen molar-refractivity contribution >= 4 is 28.6 Å². The van der Waals surface area contributed by atoms with Crippen LogP contribution in [-0.2, 0) is 11.3 Å². The zero-order valence-electron chi connectivity index (χ0n) is 10.4. The summed E-state index contributed by atoms with van der Waals surface area (Å²) in [5.41, 5.74) is 2.86. The van der Waals surface area contributed by atoms with Crippen LogP contribution in [0.4, 0.5) is 11.4 Å². The summed E-state index contributed by atoms with van der Waals surface area (Å²) in [4.78, 5) is 15.3. The van der Waals surface area contributed by atoms with Gasteiger partial charge in [-0.15, -0.1) is 11.3 Å². The number of carbonyl (C=O) groups excluding carboxylic acids is 1. The largest absolute Gasteiger partial charge is 0.378 e. The molecule has 0 unspecified atom stereocenters. The van der Waals surface area contributed by atoms with Crippen LogP contribution in [0.15, 0.2) is 29.8 Å². The molecule has 2 aromatic rings. The van der Waals surface area contributed by atoms with E-state index in [0.29, 0.717) is 6.54 Å². The van der Waals surface area contributed by atoms with Gasteiger partial charge in [-0.3, -0.25) is 4.79 Å². The van der Waals surface area contributed by atoms with Crippen LogP contribution in [0, 0.1) is 6.92 Å². The van der Waals surface area contributed by atoms with Crippen molar-refractivity contribution in [1.29, 1.82) is 0 Å². The second-order valence-electron chi connectivity index (χ2n) is 3.99. The van der Waals surface area contributed by atoms with E-state index in [2.05, 4.69) is 15.6 Å². The average molecular weight is 261 g/mol. The first-order valence-electron chi connectivity index (χ1n) is 5.65. The second-order valence-corrected chi connectivity index (χ2v) is 4.97. The molecular formula is C13H15N3OS. The number of nitrogens with one attached hydrogen (secondary N) is 2. The minimum atomic E-state index is -0.0600. The Balaban J connectivity index is 2.06. The molecule has 1 heterocycles. The molecule has 1 aromatic carbocycles. The molecule has 5 heteroatoms. The van der Waals surface area contributed by atoms with E-state index in [1.54, 1.807) is 17.5 Å². The topological polar surface area (TPSA) is 54.0 Å². The van der Waals surface area contributed by atoms with E-state index >= 15 is 0 Å². The number of thiazole rings is 1. The first-order valence-corrected chi connectivity index (χ1v) is 6.53. The molecule has 1 amide bonds. The number of rotatable bonds is 4.